The van der Waals surface area contributed by atoms with Crippen molar-refractivity contribution in [2.24, 2.45) is 0 Å². The van der Waals surface area contributed by atoms with E-state index in [1.54, 1.807) is 11.0 Å². The van der Waals surface area contributed by atoms with Gasteiger partial charge in [0.1, 0.15) is 11.6 Å². The summed E-state index contributed by atoms with van der Waals surface area (Å²) in [5.74, 6) is 0.0231. The van der Waals surface area contributed by atoms with E-state index in [4.69, 9.17) is 0 Å². The molecule has 2 fully saturated rings. The van der Waals surface area contributed by atoms with E-state index in [9.17, 15) is 14.0 Å². The monoisotopic (exact) mass is 382 g/mol. The minimum atomic E-state index is -0.583. The molecule has 0 N–H and O–H groups in total. The molecule has 0 spiro atoms. The number of nitrogens with zero attached hydrogens (tertiary/aromatic N) is 4. The third kappa shape index (κ3) is 3.32. The highest BCUT2D eigenvalue weighted by Crippen LogP contribution is 2.25. The molecule has 28 heavy (non-hydrogen) atoms. The first kappa shape index (κ1) is 18.4. The van der Waals surface area contributed by atoms with Crippen molar-refractivity contribution in [1.29, 1.82) is 0 Å². The Bertz CT molecular complexity index is 938. The number of benzene rings is 1. The molecule has 2 saturated heterocycles. The number of aryl methyl sites for hydroxylation is 2. The van der Waals surface area contributed by atoms with E-state index in [0.29, 0.717) is 44.8 Å². The van der Waals surface area contributed by atoms with Crippen LogP contribution in [0, 0.1) is 19.7 Å². The van der Waals surface area contributed by atoms with Gasteiger partial charge < -0.3 is 14.7 Å². The van der Waals surface area contributed by atoms with Gasteiger partial charge in [-0.15, -0.1) is 0 Å². The fraction of sp³-hybridized carbons (Fsp3) is 0.381. The fourth-order valence-electron chi connectivity index (χ4n) is 3.76. The molecule has 4 rings (SSSR count). The molecule has 3 heterocycles. The maximum atomic E-state index is 14.5. The standard InChI is InChI=1S/C21H23FN4O2/c1-14-11-15(2)20(23-13-14)24-7-9-25(10-8-24)21(28)17-4-3-16(12-18(17)22)26-6-5-19(26)27/h3-4,11-13H,5-10H2,1-2H3. The van der Waals surface area contributed by atoms with Crippen LogP contribution in [0.15, 0.2) is 30.5 Å². The number of hydrogen-bond acceptors (Lipinski definition) is 4. The second kappa shape index (κ2) is 7.22. The Hall–Kier alpha value is -2.96. The number of piperazine rings is 1. The molecule has 2 amide bonds. The van der Waals surface area contributed by atoms with Crippen LogP contribution < -0.4 is 9.80 Å². The van der Waals surface area contributed by atoms with Crippen molar-refractivity contribution in [3.05, 3.63) is 53.0 Å². The van der Waals surface area contributed by atoms with E-state index in [1.807, 2.05) is 20.0 Å². The van der Waals surface area contributed by atoms with Gasteiger partial charge in [-0.05, 0) is 43.2 Å². The van der Waals surface area contributed by atoms with Crippen LogP contribution in [0.3, 0.4) is 0 Å². The summed E-state index contributed by atoms with van der Waals surface area (Å²) in [5.41, 5.74) is 2.79. The summed E-state index contributed by atoms with van der Waals surface area (Å²) in [5, 5.41) is 0. The minimum Gasteiger partial charge on any atom is -0.353 e. The van der Waals surface area contributed by atoms with Crippen molar-refractivity contribution in [3.8, 4) is 0 Å². The lowest BCUT2D eigenvalue weighted by molar-refractivity contribution is -0.122. The average Bonchev–Trinajstić information content (AvgIpc) is 2.67. The van der Waals surface area contributed by atoms with Crippen LogP contribution in [0.25, 0.3) is 0 Å². The Kier molecular flexibility index (Phi) is 4.75. The molecule has 0 saturated carbocycles. The molecule has 1 aromatic carbocycles. The first-order valence-electron chi connectivity index (χ1n) is 9.51. The first-order valence-corrected chi connectivity index (χ1v) is 9.51. The van der Waals surface area contributed by atoms with E-state index in [0.717, 1.165) is 16.9 Å². The number of carbonyl (C=O) groups excluding carboxylic acids is 2. The summed E-state index contributed by atoms with van der Waals surface area (Å²) in [6.45, 7) is 6.99. The predicted octanol–water partition coefficient (Wildman–Crippen LogP) is 2.54. The number of amides is 2. The van der Waals surface area contributed by atoms with Gasteiger partial charge in [0.25, 0.3) is 5.91 Å². The Morgan fingerprint density at radius 1 is 1.07 bits per heavy atom. The average molecular weight is 382 g/mol. The molecular weight excluding hydrogens is 359 g/mol. The molecule has 0 unspecified atom stereocenters. The zero-order valence-corrected chi connectivity index (χ0v) is 16.1. The summed E-state index contributed by atoms with van der Waals surface area (Å²) in [6, 6.07) is 6.50. The third-order valence-corrected chi connectivity index (χ3v) is 5.40. The van der Waals surface area contributed by atoms with Gasteiger partial charge in [0.15, 0.2) is 0 Å². The predicted molar refractivity (Wildman–Crippen MR) is 105 cm³/mol. The number of aromatic nitrogens is 1. The lowest BCUT2D eigenvalue weighted by Crippen LogP contribution is -2.49. The van der Waals surface area contributed by atoms with Gasteiger partial charge in [0.05, 0.1) is 5.56 Å². The Morgan fingerprint density at radius 3 is 2.39 bits per heavy atom. The number of pyridine rings is 1. The highest BCUT2D eigenvalue weighted by molar-refractivity contribution is 6.00. The molecule has 2 aromatic rings. The zero-order chi connectivity index (χ0) is 19.8. The summed E-state index contributed by atoms with van der Waals surface area (Å²) >= 11 is 0. The molecule has 6 nitrogen and oxygen atoms in total. The lowest BCUT2D eigenvalue weighted by Gasteiger charge is -2.36. The van der Waals surface area contributed by atoms with Gasteiger partial charge in [-0.25, -0.2) is 9.37 Å². The molecule has 1 aromatic heterocycles. The maximum absolute atomic E-state index is 14.5. The second-order valence-electron chi connectivity index (χ2n) is 7.39. The van der Waals surface area contributed by atoms with Crippen LogP contribution in [0.1, 0.15) is 27.9 Å². The second-order valence-corrected chi connectivity index (χ2v) is 7.39. The molecular formula is C21H23FN4O2. The highest BCUT2D eigenvalue weighted by Gasteiger charge is 2.28. The van der Waals surface area contributed by atoms with E-state index >= 15 is 0 Å². The molecule has 0 bridgehead atoms. The molecule has 0 atom stereocenters. The smallest absolute Gasteiger partial charge is 0.256 e. The molecule has 2 aliphatic rings. The van der Waals surface area contributed by atoms with Crippen molar-refractivity contribution in [3.63, 3.8) is 0 Å². The number of hydrogen-bond donors (Lipinski definition) is 0. The molecule has 146 valence electrons. The summed E-state index contributed by atoms with van der Waals surface area (Å²) in [4.78, 5) is 34.2. The van der Waals surface area contributed by atoms with Crippen LogP contribution >= 0.6 is 0 Å². The van der Waals surface area contributed by atoms with Crippen LogP contribution in [0.5, 0.6) is 0 Å². The van der Waals surface area contributed by atoms with Gasteiger partial charge in [-0.1, -0.05) is 6.07 Å². The number of rotatable bonds is 3. The molecule has 7 heteroatoms. The molecule has 2 aliphatic heterocycles. The van der Waals surface area contributed by atoms with Crippen LogP contribution in [-0.4, -0.2) is 54.4 Å². The zero-order valence-electron chi connectivity index (χ0n) is 16.1. The van der Waals surface area contributed by atoms with Crippen molar-refractivity contribution < 1.29 is 14.0 Å². The first-order chi connectivity index (χ1) is 13.4. The number of anilines is 2. The summed E-state index contributed by atoms with van der Waals surface area (Å²) < 4.78 is 14.5. The topological polar surface area (TPSA) is 56.8 Å². The quantitative estimate of drug-likeness (QED) is 0.766. The van der Waals surface area contributed by atoms with E-state index in [-0.39, 0.29) is 17.4 Å². The fourth-order valence-corrected chi connectivity index (χ4v) is 3.76. The SMILES string of the molecule is Cc1cnc(N2CCN(C(=O)c3ccc(N4CCC4=O)cc3F)CC2)c(C)c1. The van der Waals surface area contributed by atoms with E-state index < -0.39 is 5.82 Å². The highest BCUT2D eigenvalue weighted by atomic mass is 19.1. The van der Waals surface area contributed by atoms with Gasteiger partial charge in [0, 0.05) is 51.0 Å². The molecule has 0 aliphatic carbocycles. The third-order valence-electron chi connectivity index (χ3n) is 5.40. The van der Waals surface area contributed by atoms with Gasteiger partial charge in [-0.3, -0.25) is 9.59 Å². The van der Waals surface area contributed by atoms with Gasteiger partial charge in [-0.2, -0.15) is 0 Å². The normalized spacial score (nSPS) is 17.0. The number of β-lactam (4-membered cyclic amide) rings is 1. The molecule has 0 radical (unpaired) electrons. The lowest BCUT2D eigenvalue weighted by atomic mass is 10.1. The minimum absolute atomic E-state index is 0.0189. The number of carbonyl (C=O) groups is 2. The Labute approximate surface area is 163 Å². The van der Waals surface area contributed by atoms with Gasteiger partial charge in [0.2, 0.25) is 5.91 Å². The van der Waals surface area contributed by atoms with Crippen LogP contribution in [-0.2, 0) is 4.79 Å². The number of halogens is 1. The van der Waals surface area contributed by atoms with Crippen molar-refractivity contribution in [2.75, 3.05) is 42.5 Å². The summed E-state index contributed by atoms with van der Waals surface area (Å²) in [6.07, 6.45) is 2.33. The van der Waals surface area contributed by atoms with Crippen LogP contribution in [0.2, 0.25) is 0 Å². The van der Waals surface area contributed by atoms with Gasteiger partial charge >= 0.3 is 0 Å². The van der Waals surface area contributed by atoms with E-state index in [1.165, 1.54) is 17.0 Å². The van der Waals surface area contributed by atoms with E-state index in [2.05, 4.69) is 16.0 Å². The summed E-state index contributed by atoms with van der Waals surface area (Å²) in [7, 11) is 0. The van der Waals surface area contributed by atoms with Crippen molar-refractivity contribution in [1.82, 2.24) is 9.88 Å². The maximum Gasteiger partial charge on any atom is 0.256 e. The Balaban J connectivity index is 1.43. The van der Waals surface area contributed by atoms with Crippen molar-refractivity contribution >= 4 is 23.3 Å². The van der Waals surface area contributed by atoms with Crippen molar-refractivity contribution in [2.45, 2.75) is 20.3 Å². The largest absolute Gasteiger partial charge is 0.353 e. The Morgan fingerprint density at radius 2 is 1.82 bits per heavy atom. The van der Waals surface area contributed by atoms with Crippen LogP contribution in [0.4, 0.5) is 15.9 Å².